The Morgan fingerprint density at radius 2 is 1.96 bits per heavy atom. The second-order valence-corrected chi connectivity index (χ2v) is 6.71. The molecule has 0 saturated carbocycles. The standard InChI is InChI=1S/C25H31N3/c1-6-9-12-23(8-3)25-27-19-24(21(5)28(25)18-7-2)26-17-10-11-22-15-13-20(4)14-16-22/h6-9,12-16,19,26H,2-3,5,10-11,17-18H2,1,4H3/b9-6-,23-12+. The fourth-order valence-electron chi connectivity index (χ4n) is 2.95. The van der Waals surface area contributed by atoms with E-state index in [0.717, 1.165) is 42.2 Å². The largest absolute Gasteiger partial charge is 0.382 e. The first-order valence-corrected chi connectivity index (χ1v) is 9.71. The zero-order valence-corrected chi connectivity index (χ0v) is 17.1. The van der Waals surface area contributed by atoms with Crippen molar-refractivity contribution in [1.29, 1.82) is 0 Å². The fourth-order valence-corrected chi connectivity index (χ4v) is 2.95. The van der Waals surface area contributed by atoms with Crippen molar-refractivity contribution in [3.8, 4) is 0 Å². The molecule has 0 fully saturated rings. The second kappa shape index (κ2) is 10.9. The maximum absolute atomic E-state index is 4.67. The third-order valence-electron chi connectivity index (χ3n) is 4.54. The molecule has 0 amide bonds. The predicted molar refractivity (Wildman–Crippen MR) is 122 cm³/mol. The zero-order valence-electron chi connectivity index (χ0n) is 17.1. The maximum atomic E-state index is 4.67. The quantitative estimate of drug-likeness (QED) is 0.335. The van der Waals surface area contributed by atoms with E-state index in [2.05, 4.69) is 66.1 Å². The highest BCUT2D eigenvalue weighted by Gasteiger charge is 2.21. The number of amidine groups is 1. The Morgan fingerprint density at radius 1 is 1.21 bits per heavy atom. The van der Waals surface area contributed by atoms with Crippen molar-refractivity contribution in [1.82, 2.24) is 10.2 Å². The first-order chi connectivity index (χ1) is 13.6. The molecule has 1 aromatic rings. The van der Waals surface area contributed by atoms with Crippen LogP contribution in [0.15, 0.2) is 103 Å². The molecule has 28 heavy (non-hydrogen) atoms. The van der Waals surface area contributed by atoms with Gasteiger partial charge in [-0.3, -0.25) is 0 Å². The predicted octanol–water partition coefficient (Wildman–Crippen LogP) is 5.46. The molecule has 1 aromatic carbocycles. The topological polar surface area (TPSA) is 27.6 Å². The Morgan fingerprint density at radius 3 is 2.61 bits per heavy atom. The highest BCUT2D eigenvalue weighted by Crippen LogP contribution is 2.21. The van der Waals surface area contributed by atoms with Crippen LogP contribution < -0.4 is 5.32 Å². The Labute approximate surface area is 169 Å². The summed E-state index contributed by atoms with van der Waals surface area (Å²) >= 11 is 0. The lowest BCUT2D eigenvalue weighted by Gasteiger charge is -2.31. The van der Waals surface area contributed by atoms with Gasteiger partial charge in [-0.1, -0.05) is 73.4 Å². The molecule has 0 aromatic heterocycles. The lowest BCUT2D eigenvalue weighted by atomic mass is 10.1. The molecule has 3 nitrogen and oxygen atoms in total. The minimum atomic E-state index is 0.640. The number of nitrogens with zero attached hydrogens (tertiary/aromatic N) is 2. The average Bonchev–Trinajstić information content (AvgIpc) is 2.70. The molecule has 0 spiro atoms. The summed E-state index contributed by atoms with van der Waals surface area (Å²) in [6.45, 7) is 17.7. The van der Waals surface area contributed by atoms with Crippen LogP contribution in [0.2, 0.25) is 0 Å². The van der Waals surface area contributed by atoms with Gasteiger partial charge in [-0.2, -0.15) is 0 Å². The Kier molecular flexibility index (Phi) is 8.29. The molecule has 0 radical (unpaired) electrons. The minimum absolute atomic E-state index is 0.640. The molecule has 0 atom stereocenters. The molecule has 1 aliphatic heterocycles. The zero-order chi connectivity index (χ0) is 20.4. The number of hydrogen-bond acceptors (Lipinski definition) is 3. The van der Waals surface area contributed by atoms with E-state index in [-0.39, 0.29) is 0 Å². The molecule has 146 valence electrons. The van der Waals surface area contributed by atoms with Crippen LogP contribution in [0.25, 0.3) is 0 Å². The van der Waals surface area contributed by atoms with Crippen molar-refractivity contribution in [3.05, 3.63) is 109 Å². The number of allylic oxidation sites excluding steroid dienone is 3. The van der Waals surface area contributed by atoms with E-state index in [9.17, 15) is 0 Å². The lowest BCUT2D eigenvalue weighted by molar-refractivity contribution is 0.554. The van der Waals surface area contributed by atoms with Gasteiger partial charge in [0.25, 0.3) is 0 Å². The molecular weight excluding hydrogens is 342 g/mol. The van der Waals surface area contributed by atoms with Crippen LogP contribution in [0.5, 0.6) is 0 Å². The smallest absolute Gasteiger partial charge is 0.140 e. The fraction of sp³-hybridized carbons (Fsp3) is 0.240. The number of aliphatic imine (C=N–C) groups is 1. The van der Waals surface area contributed by atoms with Crippen molar-refractivity contribution >= 4 is 5.84 Å². The summed E-state index contributed by atoms with van der Waals surface area (Å²) in [6, 6.07) is 8.72. The first kappa shape index (κ1) is 21.2. The van der Waals surface area contributed by atoms with Gasteiger partial charge in [0.2, 0.25) is 0 Å². The average molecular weight is 374 g/mol. The lowest BCUT2D eigenvalue weighted by Crippen LogP contribution is -2.36. The molecular formula is C25H31N3. The van der Waals surface area contributed by atoms with Crippen LogP contribution in [-0.2, 0) is 6.42 Å². The van der Waals surface area contributed by atoms with Gasteiger partial charge in [0.15, 0.2) is 0 Å². The molecule has 0 bridgehead atoms. The monoisotopic (exact) mass is 373 g/mol. The van der Waals surface area contributed by atoms with Crippen LogP contribution in [0.4, 0.5) is 0 Å². The number of hydrogen-bond donors (Lipinski definition) is 1. The van der Waals surface area contributed by atoms with Crippen molar-refractivity contribution in [2.75, 3.05) is 13.1 Å². The van der Waals surface area contributed by atoms with E-state index in [0.29, 0.717) is 6.54 Å². The molecule has 0 aliphatic carbocycles. The molecule has 1 heterocycles. The Balaban J connectivity index is 2.05. The van der Waals surface area contributed by atoms with Gasteiger partial charge in [-0.15, -0.1) is 6.58 Å². The third-order valence-corrected chi connectivity index (χ3v) is 4.54. The van der Waals surface area contributed by atoms with Gasteiger partial charge in [0.05, 0.1) is 17.6 Å². The summed E-state index contributed by atoms with van der Waals surface area (Å²) in [7, 11) is 0. The van der Waals surface area contributed by atoms with Gasteiger partial charge in [0.1, 0.15) is 5.84 Å². The summed E-state index contributed by atoms with van der Waals surface area (Å²) < 4.78 is 0. The van der Waals surface area contributed by atoms with Crippen molar-refractivity contribution in [2.45, 2.75) is 26.7 Å². The van der Waals surface area contributed by atoms with Gasteiger partial charge >= 0.3 is 0 Å². The second-order valence-electron chi connectivity index (χ2n) is 6.71. The van der Waals surface area contributed by atoms with Crippen molar-refractivity contribution in [2.24, 2.45) is 4.99 Å². The van der Waals surface area contributed by atoms with E-state index in [1.54, 1.807) is 0 Å². The van der Waals surface area contributed by atoms with Gasteiger partial charge in [-0.25, -0.2) is 4.99 Å². The van der Waals surface area contributed by atoms with Crippen molar-refractivity contribution < 1.29 is 0 Å². The molecule has 0 saturated heterocycles. The van der Waals surface area contributed by atoms with Gasteiger partial charge < -0.3 is 10.2 Å². The Hall–Kier alpha value is -3.07. The van der Waals surface area contributed by atoms with Crippen LogP contribution in [0.3, 0.4) is 0 Å². The Bertz CT molecular complexity index is 820. The number of rotatable bonds is 10. The third kappa shape index (κ3) is 5.71. The summed E-state index contributed by atoms with van der Waals surface area (Å²) in [5.41, 5.74) is 5.46. The summed E-state index contributed by atoms with van der Waals surface area (Å²) in [5.74, 6) is 0.836. The number of aryl methyl sites for hydroxylation is 2. The maximum Gasteiger partial charge on any atom is 0.140 e. The normalized spacial score (nSPS) is 14.7. The molecule has 2 rings (SSSR count). The van der Waals surface area contributed by atoms with E-state index in [1.807, 2.05) is 43.5 Å². The van der Waals surface area contributed by atoms with Crippen LogP contribution >= 0.6 is 0 Å². The van der Waals surface area contributed by atoms with E-state index in [1.165, 1.54) is 11.1 Å². The van der Waals surface area contributed by atoms with E-state index in [4.69, 9.17) is 0 Å². The van der Waals surface area contributed by atoms with Crippen LogP contribution in [-0.4, -0.2) is 23.8 Å². The highest BCUT2D eigenvalue weighted by atomic mass is 15.2. The SMILES string of the molecule is C=CCN1C(=C)C(NCCCc2ccc(C)cc2)=CN=C1/C(C=C)=C/C=C\C. The summed E-state index contributed by atoms with van der Waals surface area (Å²) in [6.07, 6.45) is 13.6. The van der Waals surface area contributed by atoms with Gasteiger partial charge in [0, 0.05) is 18.7 Å². The molecule has 1 N–H and O–H groups in total. The van der Waals surface area contributed by atoms with Crippen LogP contribution in [0, 0.1) is 6.92 Å². The molecule has 3 heteroatoms. The molecule has 0 unspecified atom stereocenters. The first-order valence-electron chi connectivity index (χ1n) is 9.71. The minimum Gasteiger partial charge on any atom is -0.382 e. The van der Waals surface area contributed by atoms with Crippen LogP contribution in [0.1, 0.15) is 24.5 Å². The number of benzene rings is 1. The van der Waals surface area contributed by atoms with E-state index >= 15 is 0 Å². The van der Waals surface area contributed by atoms with Crippen molar-refractivity contribution in [3.63, 3.8) is 0 Å². The highest BCUT2D eigenvalue weighted by molar-refractivity contribution is 6.03. The summed E-state index contributed by atoms with van der Waals surface area (Å²) in [4.78, 5) is 6.73. The van der Waals surface area contributed by atoms with E-state index < -0.39 is 0 Å². The molecule has 1 aliphatic rings. The summed E-state index contributed by atoms with van der Waals surface area (Å²) in [5, 5.41) is 3.48. The van der Waals surface area contributed by atoms with Gasteiger partial charge in [-0.05, 0) is 32.3 Å². The number of nitrogens with one attached hydrogen (secondary N) is 1.